The van der Waals surface area contributed by atoms with Gasteiger partial charge in [0.05, 0.1) is 5.69 Å². The molecule has 0 aliphatic heterocycles. The van der Waals surface area contributed by atoms with E-state index in [9.17, 15) is 4.79 Å². The highest BCUT2D eigenvalue weighted by atomic mass is 127. The van der Waals surface area contributed by atoms with E-state index >= 15 is 0 Å². The Balaban J connectivity index is 2.04. The summed E-state index contributed by atoms with van der Waals surface area (Å²) in [6.45, 7) is 0. The van der Waals surface area contributed by atoms with Crippen molar-refractivity contribution in [1.29, 1.82) is 0 Å². The number of anilines is 1. The predicted molar refractivity (Wildman–Crippen MR) is 85.4 cm³/mol. The van der Waals surface area contributed by atoms with Gasteiger partial charge in [-0.3, -0.25) is 4.79 Å². The van der Waals surface area contributed by atoms with Gasteiger partial charge in [0, 0.05) is 20.0 Å². The summed E-state index contributed by atoms with van der Waals surface area (Å²) in [5, 5.41) is 3.01. The molecular formula is C13H16BrIN2O. The molecule has 98 valence electrons. The van der Waals surface area contributed by atoms with Gasteiger partial charge in [0.25, 0.3) is 0 Å². The number of carbonyl (C=O) groups is 1. The van der Waals surface area contributed by atoms with Gasteiger partial charge in [-0.25, -0.2) is 0 Å². The van der Waals surface area contributed by atoms with Crippen LogP contribution in [-0.2, 0) is 4.79 Å². The summed E-state index contributed by atoms with van der Waals surface area (Å²) in [4.78, 5) is 12.2. The van der Waals surface area contributed by atoms with E-state index in [-0.39, 0.29) is 17.9 Å². The second-order valence-corrected chi connectivity index (χ2v) is 6.81. The van der Waals surface area contributed by atoms with E-state index in [1.807, 2.05) is 18.2 Å². The number of amides is 1. The largest absolute Gasteiger partial charge is 0.328 e. The van der Waals surface area contributed by atoms with Gasteiger partial charge in [-0.2, -0.15) is 0 Å². The van der Waals surface area contributed by atoms with E-state index in [4.69, 9.17) is 5.73 Å². The van der Waals surface area contributed by atoms with Gasteiger partial charge < -0.3 is 11.1 Å². The molecule has 1 fully saturated rings. The smallest absolute Gasteiger partial charge is 0.227 e. The van der Waals surface area contributed by atoms with Crippen LogP contribution in [0.5, 0.6) is 0 Å². The zero-order valence-electron chi connectivity index (χ0n) is 9.96. The van der Waals surface area contributed by atoms with Crippen molar-refractivity contribution in [3.63, 3.8) is 0 Å². The normalized spacial score (nSPS) is 23.7. The number of benzene rings is 1. The molecule has 0 radical (unpaired) electrons. The van der Waals surface area contributed by atoms with E-state index in [0.29, 0.717) is 0 Å². The number of carbonyl (C=O) groups excluding carboxylic acids is 1. The van der Waals surface area contributed by atoms with Crippen LogP contribution < -0.4 is 11.1 Å². The zero-order chi connectivity index (χ0) is 13.1. The number of hydrogen-bond donors (Lipinski definition) is 2. The minimum atomic E-state index is 0.0588. The molecule has 0 saturated heterocycles. The highest BCUT2D eigenvalue weighted by Gasteiger charge is 2.25. The highest BCUT2D eigenvalue weighted by molar-refractivity contribution is 14.1. The number of nitrogens with one attached hydrogen (secondary N) is 1. The lowest BCUT2D eigenvalue weighted by Gasteiger charge is -2.25. The van der Waals surface area contributed by atoms with Gasteiger partial charge in [0.2, 0.25) is 5.91 Å². The van der Waals surface area contributed by atoms with Crippen molar-refractivity contribution in [2.45, 2.75) is 31.7 Å². The fraction of sp³-hybridized carbons (Fsp3) is 0.462. The molecule has 1 aromatic carbocycles. The van der Waals surface area contributed by atoms with E-state index in [0.717, 1.165) is 39.4 Å². The van der Waals surface area contributed by atoms with Crippen molar-refractivity contribution in [2.24, 2.45) is 11.7 Å². The summed E-state index contributed by atoms with van der Waals surface area (Å²) >= 11 is 5.64. The van der Waals surface area contributed by atoms with E-state index < -0.39 is 0 Å². The first kappa shape index (κ1) is 14.3. The third kappa shape index (κ3) is 3.68. The zero-order valence-corrected chi connectivity index (χ0v) is 13.7. The van der Waals surface area contributed by atoms with Crippen LogP contribution in [0.25, 0.3) is 0 Å². The SMILES string of the molecule is NC1CCCC(C(=O)Nc2cc(Br)ccc2I)C1. The maximum atomic E-state index is 12.2. The van der Waals surface area contributed by atoms with Gasteiger partial charge in [0.1, 0.15) is 0 Å². The van der Waals surface area contributed by atoms with Crippen molar-refractivity contribution < 1.29 is 4.79 Å². The van der Waals surface area contributed by atoms with Crippen LogP contribution in [0.15, 0.2) is 22.7 Å². The van der Waals surface area contributed by atoms with Gasteiger partial charge in [-0.15, -0.1) is 0 Å². The molecule has 3 N–H and O–H groups in total. The Labute approximate surface area is 129 Å². The van der Waals surface area contributed by atoms with Crippen LogP contribution >= 0.6 is 38.5 Å². The van der Waals surface area contributed by atoms with Crippen molar-refractivity contribution in [3.8, 4) is 0 Å². The quantitative estimate of drug-likeness (QED) is 0.716. The summed E-state index contributed by atoms with van der Waals surface area (Å²) in [6, 6.07) is 6.06. The van der Waals surface area contributed by atoms with E-state index in [2.05, 4.69) is 43.8 Å². The average molecular weight is 423 g/mol. The molecule has 1 aromatic rings. The van der Waals surface area contributed by atoms with Crippen molar-refractivity contribution in [1.82, 2.24) is 0 Å². The fourth-order valence-electron chi connectivity index (χ4n) is 2.29. The molecule has 1 aliphatic carbocycles. The highest BCUT2D eigenvalue weighted by Crippen LogP contribution is 2.27. The first-order chi connectivity index (χ1) is 8.56. The lowest BCUT2D eigenvalue weighted by atomic mass is 9.85. The minimum Gasteiger partial charge on any atom is -0.328 e. The van der Waals surface area contributed by atoms with E-state index in [1.165, 1.54) is 0 Å². The fourth-order valence-corrected chi connectivity index (χ4v) is 3.13. The number of hydrogen-bond acceptors (Lipinski definition) is 2. The Bertz CT molecular complexity index is 453. The van der Waals surface area contributed by atoms with Gasteiger partial charge in [-0.1, -0.05) is 22.4 Å². The molecule has 1 aliphatic rings. The maximum absolute atomic E-state index is 12.2. The van der Waals surface area contributed by atoms with Gasteiger partial charge in [-0.05, 0) is 60.1 Å². The second-order valence-electron chi connectivity index (χ2n) is 4.74. The maximum Gasteiger partial charge on any atom is 0.227 e. The molecule has 5 heteroatoms. The topological polar surface area (TPSA) is 55.1 Å². The van der Waals surface area contributed by atoms with Crippen LogP contribution in [0, 0.1) is 9.49 Å². The second kappa shape index (κ2) is 6.34. The monoisotopic (exact) mass is 422 g/mol. The lowest BCUT2D eigenvalue weighted by molar-refractivity contribution is -0.120. The Morgan fingerprint density at radius 3 is 2.94 bits per heavy atom. The molecular weight excluding hydrogens is 407 g/mol. The Morgan fingerprint density at radius 1 is 1.44 bits per heavy atom. The summed E-state index contributed by atoms with van der Waals surface area (Å²) in [5.74, 6) is 0.157. The van der Waals surface area contributed by atoms with Crippen LogP contribution in [-0.4, -0.2) is 11.9 Å². The Hall–Kier alpha value is -0.140. The van der Waals surface area contributed by atoms with Crippen molar-refractivity contribution in [3.05, 3.63) is 26.2 Å². The Morgan fingerprint density at radius 2 is 2.22 bits per heavy atom. The minimum absolute atomic E-state index is 0.0588. The molecule has 0 aromatic heterocycles. The first-order valence-corrected chi connectivity index (χ1v) is 7.95. The first-order valence-electron chi connectivity index (χ1n) is 6.08. The summed E-state index contributed by atoms with van der Waals surface area (Å²) in [7, 11) is 0. The molecule has 2 rings (SSSR count). The van der Waals surface area contributed by atoms with Gasteiger partial charge in [0.15, 0.2) is 0 Å². The summed E-state index contributed by atoms with van der Waals surface area (Å²) in [6.07, 6.45) is 3.84. The number of nitrogens with two attached hydrogens (primary N) is 1. The van der Waals surface area contributed by atoms with Crippen LogP contribution in [0.1, 0.15) is 25.7 Å². The molecule has 2 unspecified atom stereocenters. The molecule has 0 heterocycles. The summed E-state index contributed by atoms with van der Waals surface area (Å²) in [5.41, 5.74) is 6.79. The molecule has 0 bridgehead atoms. The molecule has 0 spiro atoms. The van der Waals surface area contributed by atoms with Gasteiger partial charge >= 0.3 is 0 Å². The van der Waals surface area contributed by atoms with Crippen LogP contribution in [0.3, 0.4) is 0 Å². The molecule has 1 saturated carbocycles. The van der Waals surface area contributed by atoms with Crippen molar-refractivity contribution in [2.75, 3.05) is 5.32 Å². The Kier molecular flexibility index (Phi) is 5.03. The standard InChI is InChI=1S/C13H16BrIN2O/c14-9-4-5-11(15)12(7-9)17-13(18)8-2-1-3-10(16)6-8/h4-5,7-8,10H,1-3,6,16H2,(H,17,18). The number of rotatable bonds is 2. The average Bonchev–Trinajstić information content (AvgIpc) is 2.34. The lowest BCUT2D eigenvalue weighted by Crippen LogP contribution is -2.34. The van der Waals surface area contributed by atoms with Crippen molar-refractivity contribution >= 4 is 50.1 Å². The van der Waals surface area contributed by atoms with E-state index in [1.54, 1.807) is 0 Å². The van der Waals surface area contributed by atoms with Crippen LogP contribution in [0.4, 0.5) is 5.69 Å². The third-order valence-electron chi connectivity index (χ3n) is 3.27. The summed E-state index contributed by atoms with van der Waals surface area (Å²) < 4.78 is 2.02. The third-order valence-corrected chi connectivity index (χ3v) is 4.71. The molecule has 3 nitrogen and oxygen atoms in total. The number of halogens is 2. The van der Waals surface area contributed by atoms with Crippen LogP contribution in [0.2, 0.25) is 0 Å². The molecule has 18 heavy (non-hydrogen) atoms. The molecule has 2 atom stereocenters. The predicted octanol–water partition coefficient (Wildman–Crippen LogP) is 3.51. The molecule has 1 amide bonds.